The second-order valence-corrected chi connectivity index (χ2v) is 5.15. The number of methoxy groups -OCH3 is 3. The summed E-state index contributed by atoms with van der Waals surface area (Å²) in [5.41, 5.74) is 5.98. The van der Waals surface area contributed by atoms with Crippen LogP contribution in [0.3, 0.4) is 0 Å². The Labute approximate surface area is 150 Å². The van der Waals surface area contributed by atoms with Gasteiger partial charge in [0.25, 0.3) is 11.8 Å². The standard InChI is InChI=1S/C18H20N2O6/c1-23-13-6-4-12(5-7-13)20-18(22)11-8-14(24-2)17(15(9-11)25-3)26-10-16(19)21/h4-9H,10H2,1-3H3,(H2,19,21)(H,20,22). The summed E-state index contributed by atoms with van der Waals surface area (Å²) in [6, 6.07) is 9.87. The van der Waals surface area contributed by atoms with Gasteiger partial charge in [0.2, 0.25) is 5.75 Å². The van der Waals surface area contributed by atoms with Crippen molar-refractivity contribution in [2.75, 3.05) is 33.3 Å². The molecule has 0 aliphatic rings. The predicted octanol–water partition coefficient (Wildman–Crippen LogP) is 1.83. The summed E-state index contributed by atoms with van der Waals surface area (Å²) in [6.45, 7) is -0.343. The minimum Gasteiger partial charge on any atom is -0.497 e. The Morgan fingerprint density at radius 1 is 0.962 bits per heavy atom. The van der Waals surface area contributed by atoms with Crippen LogP contribution in [0.15, 0.2) is 36.4 Å². The molecule has 0 fully saturated rings. The highest BCUT2D eigenvalue weighted by Gasteiger charge is 2.18. The molecule has 2 amide bonds. The average molecular weight is 360 g/mol. The molecule has 0 radical (unpaired) electrons. The van der Waals surface area contributed by atoms with Crippen LogP contribution in [0.5, 0.6) is 23.0 Å². The normalized spacial score (nSPS) is 9.96. The average Bonchev–Trinajstić information content (AvgIpc) is 2.65. The number of hydrogen-bond acceptors (Lipinski definition) is 6. The van der Waals surface area contributed by atoms with Gasteiger partial charge in [-0.3, -0.25) is 9.59 Å². The van der Waals surface area contributed by atoms with Gasteiger partial charge in [0.15, 0.2) is 18.1 Å². The SMILES string of the molecule is COc1ccc(NC(=O)c2cc(OC)c(OCC(N)=O)c(OC)c2)cc1. The molecule has 0 aliphatic heterocycles. The molecule has 138 valence electrons. The summed E-state index contributed by atoms with van der Waals surface area (Å²) in [5, 5.41) is 2.76. The molecule has 0 aliphatic carbocycles. The molecule has 0 spiro atoms. The number of carbonyl (C=O) groups excluding carboxylic acids is 2. The zero-order chi connectivity index (χ0) is 19.1. The van der Waals surface area contributed by atoms with Crippen LogP contribution in [0.4, 0.5) is 5.69 Å². The van der Waals surface area contributed by atoms with E-state index in [1.54, 1.807) is 31.4 Å². The zero-order valence-corrected chi connectivity index (χ0v) is 14.7. The summed E-state index contributed by atoms with van der Waals surface area (Å²) in [5.74, 6) is 0.344. The first-order chi connectivity index (χ1) is 12.5. The minimum absolute atomic E-state index is 0.190. The van der Waals surface area contributed by atoms with E-state index in [2.05, 4.69) is 5.32 Å². The number of amides is 2. The molecule has 2 aromatic rings. The third-order valence-electron chi connectivity index (χ3n) is 3.43. The lowest BCUT2D eigenvalue weighted by Gasteiger charge is -2.15. The van der Waals surface area contributed by atoms with Gasteiger partial charge in [-0.2, -0.15) is 0 Å². The second-order valence-electron chi connectivity index (χ2n) is 5.15. The van der Waals surface area contributed by atoms with Crippen LogP contribution in [0, 0.1) is 0 Å². The Morgan fingerprint density at radius 3 is 2.00 bits per heavy atom. The van der Waals surface area contributed by atoms with Gasteiger partial charge < -0.3 is 30.0 Å². The van der Waals surface area contributed by atoms with Crippen molar-refractivity contribution < 1.29 is 28.5 Å². The van der Waals surface area contributed by atoms with Crippen molar-refractivity contribution in [1.29, 1.82) is 0 Å². The summed E-state index contributed by atoms with van der Waals surface area (Å²) in [4.78, 5) is 23.5. The first kappa shape index (κ1) is 18.9. The molecule has 0 unspecified atom stereocenters. The number of rotatable bonds is 8. The van der Waals surface area contributed by atoms with Crippen molar-refractivity contribution in [2.45, 2.75) is 0 Å². The third-order valence-corrected chi connectivity index (χ3v) is 3.43. The summed E-state index contributed by atoms with van der Waals surface area (Å²) in [7, 11) is 4.39. The van der Waals surface area contributed by atoms with Crippen LogP contribution in [-0.2, 0) is 4.79 Å². The van der Waals surface area contributed by atoms with Crippen LogP contribution in [-0.4, -0.2) is 39.8 Å². The number of nitrogens with two attached hydrogens (primary N) is 1. The lowest BCUT2D eigenvalue weighted by molar-refractivity contribution is -0.120. The van der Waals surface area contributed by atoms with Crippen molar-refractivity contribution in [3.05, 3.63) is 42.0 Å². The molecule has 0 atom stereocenters. The van der Waals surface area contributed by atoms with Crippen molar-refractivity contribution in [1.82, 2.24) is 0 Å². The van der Waals surface area contributed by atoms with E-state index in [4.69, 9.17) is 24.7 Å². The van der Waals surface area contributed by atoms with E-state index < -0.39 is 5.91 Å². The molecular formula is C18H20N2O6. The topological polar surface area (TPSA) is 109 Å². The van der Waals surface area contributed by atoms with E-state index in [1.807, 2.05) is 0 Å². The molecule has 0 saturated carbocycles. The van der Waals surface area contributed by atoms with Crippen molar-refractivity contribution in [3.63, 3.8) is 0 Å². The highest BCUT2D eigenvalue weighted by molar-refractivity contribution is 6.05. The van der Waals surface area contributed by atoms with E-state index >= 15 is 0 Å². The van der Waals surface area contributed by atoms with Gasteiger partial charge in [-0.1, -0.05) is 0 Å². The van der Waals surface area contributed by atoms with Crippen molar-refractivity contribution >= 4 is 17.5 Å². The fraction of sp³-hybridized carbons (Fsp3) is 0.222. The van der Waals surface area contributed by atoms with Crippen LogP contribution >= 0.6 is 0 Å². The number of anilines is 1. The van der Waals surface area contributed by atoms with Gasteiger partial charge in [0.05, 0.1) is 21.3 Å². The van der Waals surface area contributed by atoms with E-state index in [0.717, 1.165) is 0 Å². The third kappa shape index (κ3) is 4.56. The molecule has 3 N–H and O–H groups in total. The number of carbonyl (C=O) groups is 2. The molecule has 0 bridgehead atoms. The van der Waals surface area contributed by atoms with E-state index in [0.29, 0.717) is 17.0 Å². The Kier molecular flexibility index (Phi) is 6.26. The molecule has 26 heavy (non-hydrogen) atoms. The molecule has 0 aromatic heterocycles. The molecule has 0 heterocycles. The maximum absolute atomic E-state index is 12.5. The number of ether oxygens (including phenoxy) is 4. The van der Waals surface area contributed by atoms with Gasteiger partial charge in [0.1, 0.15) is 5.75 Å². The van der Waals surface area contributed by atoms with Crippen LogP contribution in [0.1, 0.15) is 10.4 Å². The number of primary amides is 1. The van der Waals surface area contributed by atoms with Crippen molar-refractivity contribution in [2.24, 2.45) is 5.73 Å². The second kappa shape index (κ2) is 8.61. The Bertz CT molecular complexity index is 764. The van der Waals surface area contributed by atoms with Gasteiger partial charge >= 0.3 is 0 Å². The van der Waals surface area contributed by atoms with Gasteiger partial charge in [-0.15, -0.1) is 0 Å². The number of benzene rings is 2. The maximum Gasteiger partial charge on any atom is 0.255 e. The predicted molar refractivity (Wildman–Crippen MR) is 95.2 cm³/mol. The summed E-state index contributed by atoms with van der Waals surface area (Å²) < 4.78 is 20.9. The monoisotopic (exact) mass is 360 g/mol. The van der Waals surface area contributed by atoms with Crippen LogP contribution in [0.2, 0.25) is 0 Å². The highest BCUT2D eigenvalue weighted by Crippen LogP contribution is 2.38. The molecule has 2 rings (SSSR count). The molecular weight excluding hydrogens is 340 g/mol. The van der Waals surface area contributed by atoms with E-state index in [9.17, 15) is 9.59 Å². The first-order valence-corrected chi connectivity index (χ1v) is 7.61. The van der Waals surface area contributed by atoms with Gasteiger partial charge in [-0.25, -0.2) is 0 Å². The zero-order valence-electron chi connectivity index (χ0n) is 14.7. The molecule has 8 nitrogen and oxygen atoms in total. The van der Waals surface area contributed by atoms with Crippen molar-refractivity contribution in [3.8, 4) is 23.0 Å². The van der Waals surface area contributed by atoms with Gasteiger partial charge in [0, 0.05) is 11.3 Å². The molecule has 0 saturated heterocycles. The number of hydrogen-bond donors (Lipinski definition) is 2. The lowest BCUT2D eigenvalue weighted by Crippen LogP contribution is -2.20. The number of nitrogens with one attached hydrogen (secondary N) is 1. The first-order valence-electron chi connectivity index (χ1n) is 7.61. The fourth-order valence-electron chi connectivity index (χ4n) is 2.17. The minimum atomic E-state index is -0.643. The Hall–Kier alpha value is -3.42. The smallest absolute Gasteiger partial charge is 0.255 e. The van der Waals surface area contributed by atoms with Crippen LogP contribution in [0.25, 0.3) is 0 Å². The summed E-state index contributed by atoms with van der Waals surface area (Å²) >= 11 is 0. The maximum atomic E-state index is 12.5. The van der Waals surface area contributed by atoms with Gasteiger partial charge in [-0.05, 0) is 36.4 Å². The fourth-order valence-corrected chi connectivity index (χ4v) is 2.17. The molecule has 8 heteroatoms. The Balaban J connectivity index is 2.27. The highest BCUT2D eigenvalue weighted by atomic mass is 16.5. The Morgan fingerprint density at radius 2 is 1.54 bits per heavy atom. The quantitative estimate of drug-likeness (QED) is 0.743. The largest absolute Gasteiger partial charge is 0.497 e. The molecule has 2 aromatic carbocycles. The summed E-state index contributed by atoms with van der Waals surface area (Å²) in [6.07, 6.45) is 0. The lowest BCUT2D eigenvalue weighted by atomic mass is 10.1. The van der Waals surface area contributed by atoms with E-state index in [1.165, 1.54) is 26.4 Å². The van der Waals surface area contributed by atoms with Crippen LogP contribution < -0.4 is 30.0 Å². The van der Waals surface area contributed by atoms with E-state index in [-0.39, 0.29) is 29.8 Å².